The van der Waals surface area contributed by atoms with E-state index in [-0.39, 0.29) is 23.8 Å². The number of hydrogen-bond donors (Lipinski definition) is 4. The molecule has 0 radical (unpaired) electrons. The van der Waals surface area contributed by atoms with Gasteiger partial charge in [-0.2, -0.15) is 13.2 Å². The molecule has 4 aliphatic rings. The Hall–Kier alpha value is -1.28. The predicted molar refractivity (Wildman–Crippen MR) is 128 cm³/mol. The maximum atomic E-state index is 13.9. The molecule has 5 N–H and O–H groups in total. The van der Waals surface area contributed by atoms with Crippen molar-refractivity contribution in [2.75, 3.05) is 6.54 Å². The van der Waals surface area contributed by atoms with Crippen LogP contribution in [-0.4, -0.2) is 68.0 Å². The average Bonchev–Trinajstić information content (AvgIpc) is 3.50. The molecule has 0 aliphatic carbocycles. The number of nitrogens with one attached hydrogen (secondary N) is 3. The topological polar surface area (TPSA) is 109 Å². The van der Waals surface area contributed by atoms with Crippen LogP contribution in [0.3, 0.4) is 0 Å². The zero-order chi connectivity index (χ0) is 25.5. The van der Waals surface area contributed by atoms with Crippen molar-refractivity contribution < 1.29 is 26.3 Å². The molecule has 4 fully saturated rings. The lowest BCUT2D eigenvalue weighted by Gasteiger charge is -2.47. The first-order valence-corrected chi connectivity index (χ1v) is 14.5. The molecule has 4 bridgehead atoms. The first-order valence-electron chi connectivity index (χ1n) is 13.0. The van der Waals surface area contributed by atoms with Gasteiger partial charge in [-0.15, -0.1) is 0 Å². The molecule has 0 aromatic heterocycles. The zero-order valence-electron chi connectivity index (χ0n) is 20.2. The molecule has 202 valence electrons. The van der Waals surface area contributed by atoms with Crippen molar-refractivity contribution in [3.63, 3.8) is 0 Å². The summed E-state index contributed by atoms with van der Waals surface area (Å²) in [7, 11) is -3.71. The summed E-state index contributed by atoms with van der Waals surface area (Å²) >= 11 is 0. The Labute approximate surface area is 210 Å². The molecule has 0 spiro atoms. The quantitative estimate of drug-likeness (QED) is 0.460. The molecule has 0 saturated carbocycles. The summed E-state index contributed by atoms with van der Waals surface area (Å²) in [6.45, 7) is 0.765. The molecule has 4 aliphatic heterocycles. The molecule has 12 heteroatoms. The van der Waals surface area contributed by atoms with E-state index in [1.165, 1.54) is 0 Å². The SMILES string of the molecule is NC1CC(S(=O)(=O)c2ccccc2)C2NC1C1NNC(O1)C(C(F)(F)F)CCCCC[C@@H]1CCCN21. The van der Waals surface area contributed by atoms with Crippen LogP contribution in [0.4, 0.5) is 13.2 Å². The fraction of sp³-hybridized carbons (Fsp3) is 0.750. The molecule has 4 heterocycles. The number of nitrogens with two attached hydrogens (primary N) is 1. The second kappa shape index (κ2) is 10.5. The summed E-state index contributed by atoms with van der Waals surface area (Å²) in [5, 5.41) is 2.66. The van der Waals surface area contributed by atoms with Crippen molar-refractivity contribution >= 4 is 9.84 Å². The Balaban J connectivity index is 1.47. The highest BCUT2D eigenvalue weighted by Gasteiger charge is 2.53. The second-order valence-corrected chi connectivity index (χ2v) is 12.7. The highest BCUT2D eigenvalue weighted by Crippen LogP contribution is 2.38. The van der Waals surface area contributed by atoms with Crippen LogP contribution >= 0.6 is 0 Å². The standard InChI is InChI=1S/C24H36F3N5O3S/c25-24(26,27)17-12-6-1-3-8-15-9-7-13-32(15)21-19(36(33,34)16-10-4-2-5-11-16)14-18(28)20(29-21)23-31-30-22(17)35-23/h2,4-5,10-11,15,17-23,29-31H,1,3,6-9,12-14,28H2/t15-,17?,18?,19?,20?,21?,22?,23?/m1/s1. The summed E-state index contributed by atoms with van der Waals surface area (Å²) in [4.78, 5) is 2.51. The van der Waals surface area contributed by atoms with Gasteiger partial charge in [0.05, 0.1) is 28.3 Å². The lowest BCUT2D eigenvalue weighted by molar-refractivity contribution is -0.211. The van der Waals surface area contributed by atoms with Gasteiger partial charge in [0.25, 0.3) is 0 Å². The summed E-state index contributed by atoms with van der Waals surface area (Å²) in [6, 6.07) is 7.37. The van der Waals surface area contributed by atoms with Crippen LogP contribution < -0.4 is 21.9 Å². The lowest BCUT2D eigenvalue weighted by atomic mass is 9.93. The van der Waals surface area contributed by atoms with Gasteiger partial charge in [0.1, 0.15) is 12.5 Å². The fourth-order valence-corrected chi connectivity index (χ4v) is 8.31. The Morgan fingerprint density at radius 1 is 0.972 bits per heavy atom. The molecule has 8 nitrogen and oxygen atoms in total. The number of rotatable bonds is 2. The van der Waals surface area contributed by atoms with Crippen LogP contribution in [0, 0.1) is 5.92 Å². The van der Waals surface area contributed by atoms with Crippen molar-refractivity contribution in [3.8, 4) is 0 Å². The lowest BCUT2D eigenvalue weighted by Crippen LogP contribution is -2.71. The minimum atomic E-state index is -4.40. The van der Waals surface area contributed by atoms with E-state index >= 15 is 0 Å². The molecule has 5 rings (SSSR count). The van der Waals surface area contributed by atoms with Gasteiger partial charge >= 0.3 is 6.18 Å². The molecule has 36 heavy (non-hydrogen) atoms. The number of halogens is 3. The first kappa shape index (κ1) is 26.3. The van der Waals surface area contributed by atoms with E-state index in [1.54, 1.807) is 30.3 Å². The van der Waals surface area contributed by atoms with Gasteiger partial charge in [0.15, 0.2) is 9.84 Å². The number of hydrogen-bond acceptors (Lipinski definition) is 8. The van der Waals surface area contributed by atoms with Crippen LogP contribution in [0.5, 0.6) is 0 Å². The van der Waals surface area contributed by atoms with E-state index in [0.717, 1.165) is 32.2 Å². The number of piperidine rings is 1. The second-order valence-electron chi connectivity index (χ2n) is 10.5. The molecule has 8 atom stereocenters. The van der Waals surface area contributed by atoms with Gasteiger partial charge in [0, 0.05) is 18.6 Å². The van der Waals surface area contributed by atoms with E-state index in [4.69, 9.17) is 10.5 Å². The summed E-state index contributed by atoms with van der Waals surface area (Å²) in [6.07, 6.45) is -2.10. The molecule has 7 unspecified atom stereocenters. The number of nitrogens with zero attached hydrogens (tertiary/aromatic N) is 1. The number of fused-ring (bicyclic) bond motifs is 7. The van der Waals surface area contributed by atoms with Gasteiger partial charge in [0.2, 0.25) is 0 Å². The maximum Gasteiger partial charge on any atom is 0.395 e. The highest BCUT2D eigenvalue weighted by molar-refractivity contribution is 7.92. The van der Waals surface area contributed by atoms with Crippen LogP contribution in [0.1, 0.15) is 51.4 Å². The van der Waals surface area contributed by atoms with Gasteiger partial charge in [-0.25, -0.2) is 19.3 Å². The molecular weight excluding hydrogens is 495 g/mol. The molecular formula is C24H36F3N5O3S. The Morgan fingerprint density at radius 3 is 2.42 bits per heavy atom. The molecule has 0 amide bonds. The van der Waals surface area contributed by atoms with Crippen molar-refractivity contribution in [1.29, 1.82) is 0 Å². The van der Waals surface area contributed by atoms with E-state index in [0.29, 0.717) is 12.8 Å². The van der Waals surface area contributed by atoms with Crippen molar-refractivity contribution in [3.05, 3.63) is 30.3 Å². The van der Waals surface area contributed by atoms with Gasteiger partial charge in [-0.05, 0) is 44.2 Å². The van der Waals surface area contributed by atoms with Crippen LogP contribution in [0.15, 0.2) is 35.2 Å². The third-order valence-corrected chi connectivity index (χ3v) is 10.4. The number of benzene rings is 1. The average molecular weight is 532 g/mol. The minimum Gasteiger partial charge on any atom is -0.340 e. The smallest absolute Gasteiger partial charge is 0.340 e. The Bertz CT molecular complexity index is 998. The van der Waals surface area contributed by atoms with E-state index in [1.807, 2.05) is 0 Å². The summed E-state index contributed by atoms with van der Waals surface area (Å²) < 4.78 is 75.0. The zero-order valence-corrected chi connectivity index (χ0v) is 21.0. The largest absolute Gasteiger partial charge is 0.395 e. The van der Waals surface area contributed by atoms with Crippen LogP contribution in [0.25, 0.3) is 0 Å². The van der Waals surface area contributed by atoms with Gasteiger partial charge in [-0.3, -0.25) is 10.2 Å². The number of hydrazine groups is 1. The number of ether oxygens (including phenoxy) is 1. The Morgan fingerprint density at radius 2 is 1.67 bits per heavy atom. The highest BCUT2D eigenvalue weighted by atomic mass is 32.2. The third-order valence-electron chi connectivity index (χ3n) is 8.26. The predicted octanol–water partition coefficient (Wildman–Crippen LogP) is 2.23. The van der Waals surface area contributed by atoms with Crippen molar-refractivity contribution in [2.24, 2.45) is 11.7 Å². The van der Waals surface area contributed by atoms with Gasteiger partial charge in [-0.1, -0.05) is 37.5 Å². The van der Waals surface area contributed by atoms with Crippen molar-refractivity contribution in [2.45, 2.75) is 104 Å². The van der Waals surface area contributed by atoms with Crippen molar-refractivity contribution in [1.82, 2.24) is 21.1 Å². The fourth-order valence-electron chi connectivity index (χ4n) is 6.38. The Kier molecular flexibility index (Phi) is 7.66. The molecule has 1 aromatic carbocycles. The third kappa shape index (κ3) is 5.18. The monoisotopic (exact) mass is 531 g/mol. The van der Waals surface area contributed by atoms with E-state index in [9.17, 15) is 21.6 Å². The number of alkyl halides is 3. The van der Waals surface area contributed by atoms with E-state index < -0.39 is 57.9 Å². The number of sulfone groups is 1. The first-order chi connectivity index (χ1) is 17.2. The normalized spacial score (nSPS) is 38.9. The minimum absolute atomic E-state index is 0.00584. The molecule has 4 saturated heterocycles. The van der Waals surface area contributed by atoms with Crippen LogP contribution in [-0.2, 0) is 14.6 Å². The van der Waals surface area contributed by atoms with Gasteiger partial charge < -0.3 is 10.5 Å². The van der Waals surface area contributed by atoms with Crippen LogP contribution in [0.2, 0.25) is 0 Å². The summed E-state index contributed by atoms with van der Waals surface area (Å²) in [5.74, 6) is -1.64. The maximum absolute atomic E-state index is 13.9. The molecule has 1 aromatic rings. The van der Waals surface area contributed by atoms with E-state index in [2.05, 4.69) is 21.1 Å². The summed E-state index contributed by atoms with van der Waals surface area (Å²) in [5.41, 5.74) is 12.1.